The number of nitrogens with zero attached hydrogens (tertiary/aromatic N) is 1. The lowest BCUT2D eigenvalue weighted by molar-refractivity contribution is 0.0963. The highest BCUT2D eigenvalue weighted by molar-refractivity contribution is 5.94. The Morgan fingerprint density at radius 1 is 0.967 bits per heavy atom. The zero-order valence-corrected chi connectivity index (χ0v) is 17.4. The molecular weight excluding hydrogens is 376 g/mol. The molecule has 0 aliphatic rings. The molecule has 0 saturated carbocycles. The van der Waals surface area contributed by atoms with E-state index in [1.165, 1.54) is 10.8 Å². The van der Waals surface area contributed by atoms with E-state index in [1.54, 1.807) is 14.1 Å². The van der Waals surface area contributed by atoms with Gasteiger partial charge in [-0.05, 0) is 47.0 Å². The van der Waals surface area contributed by atoms with E-state index in [9.17, 15) is 4.79 Å². The lowest BCUT2D eigenvalue weighted by Gasteiger charge is -2.13. The topological polar surface area (TPSA) is 74.8 Å². The number of fused-ring (bicyclic) bond motifs is 1. The van der Waals surface area contributed by atoms with Gasteiger partial charge < -0.3 is 20.7 Å². The van der Waals surface area contributed by atoms with Crippen molar-refractivity contribution >= 4 is 22.6 Å². The number of amides is 1. The van der Waals surface area contributed by atoms with Gasteiger partial charge in [-0.25, -0.2) is 0 Å². The van der Waals surface area contributed by atoms with Crippen molar-refractivity contribution in [3.8, 4) is 5.75 Å². The zero-order valence-electron chi connectivity index (χ0n) is 17.4. The van der Waals surface area contributed by atoms with Gasteiger partial charge in [0.15, 0.2) is 5.96 Å². The Hall–Kier alpha value is -3.54. The van der Waals surface area contributed by atoms with Gasteiger partial charge in [0.2, 0.25) is 0 Å². The number of aliphatic imine (C=N–C) groups is 1. The predicted molar refractivity (Wildman–Crippen MR) is 122 cm³/mol. The molecule has 0 saturated heterocycles. The largest absolute Gasteiger partial charge is 0.494 e. The van der Waals surface area contributed by atoms with Gasteiger partial charge in [0.05, 0.1) is 6.61 Å². The van der Waals surface area contributed by atoms with Crippen LogP contribution in [-0.4, -0.2) is 39.1 Å². The normalized spacial score (nSPS) is 11.2. The Bertz CT molecular complexity index is 1000. The van der Waals surface area contributed by atoms with Crippen molar-refractivity contribution in [2.24, 2.45) is 4.99 Å². The predicted octanol–water partition coefficient (Wildman–Crippen LogP) is 3.33. The van der Waals surface area contributed by atoms with Crippen LogP contribution in [0.3, 0.4) is 0 Å². The molecule has 30 heavy (non-hydrogen) atoms. The molecule has 156 valence electrons. The third-order valence-electron chi connectivity index (χ3n) is 4.73. The second kappa shape index (κ2) is 10.9. The van der Waals surface area contributed by atoms with Crippen LogP contribution in [-0.2, 0) is 6.54 Å². The number of ether oxygens (including phenoxy) is 1. The van der Waals surface area contributed by atoms with E-state index in [-0.39, 0.29) is 5.91 Å². The van der Waals surface area contributed by atoms with E-state index in [0.29, 0.717) is 18.7 Å². The lowest BCUT2D eigenvalue weighted by atomic mass is 10.1. The second-order valence-electron chi connectivity index (χ2n) is 6.84. The fourth-order valence-electron chi connectivity index (χ4n) is 3.05. The van der Waals surface area contributed by atoms with Crippen molar-refractivity contribution in [2.75, 3.05) is 27.2 Å². The Morgan fingerprint density at radius 3 is 2.47 bits per heavy atom. The van der Waals surface area contributed by atoms with E-state index in [2.05, 4.69) is 45.2 Å². The van der Waals surface area contributed by atoms with Crippen molar-refractivity contribution in [3.05, 3.63) is 77.9 Å². The fraction of sp³-hybridized carbons (Fsp3) is 0.250. The van der Waals surface area contributed by atoms with Gasteiger partial charge in [0.25, 0.3) is 5.91 Å². The Balaban J connectivity index is 1.37. The minimum Gasteiger partial charge on any atom is -0.494 e. The molecule has 0 aliphatic heterocycles. The number of rotatable bonds is 8. The summed E-state index contributed by atoms with van der Waals surface area (Å²) in [6.07, 6.45) is 0.856. The SMILES string of the molecule is CN=C(NCCCOc1ccc2ccccc2c1)NCc1ccc(C(=O)NC)cc1. The lowest BCUT2D eigenvalue weighted by Crippen LogP contribution is -2.37. The van der Waals surface area contributed by atoms with Crippen molar-refractivity contribution in [3.63, 3.8) is 0 Å². The quantitative estimate of drug-likeness (QED) is 0.306. The molecule has 0 heterocycles. The minimum atomic E-state index is -0.0853. The molecule has 6 heteroatoms. The first-order valence-electron chi connectivity index (χ1n) is 10.1. The average Bonchev–Trinajstić information content (AvgIpc) is 2.80. The van der Waals surface area contributed by atoms with Gasteiger partial charge >= 0.3 is 0 Å². The highest BCUT2D eigenvalue weighted by atomic mass is 16.5. The molecule has 0 unspecified atom stereocenters. The van der Waals surface area contributed by atoms with E-state index >= 15 is 0 Å². The summed E-state index contributed by atoms with van der Waals surface area (Å²) in [4.78, 5) is 15.8. The molecular formula is C24H28N4O2. The molecule has 0 atom stereocenters. The number of hydrogen-bond acceptors (Lipinski definition) is 3. The molecule has 0 aliphatic carbocycles. The summed E-state index contributed by atoms with van der Waals surface area (Å²) in [6.45, 7) is 2.01. The summed E-state index contributed by atoms with van der Waals surface area (Å²) >= 11 is 0. The molecule has 3 aromatic rings. The van der Waals surface area contributed by atoms with E-state index in [1.807, 2.05) is 42.5 Å². The Morgan fingerprint density at radius 2 is 1.73 bits per heavy atom. The van der Waals surface area contributed by atoms with Crippen LogP contribution in [0.2, 0.25) is 0 Å². The zero-order chi connectivity index (χ0) is 21.2. The molecule has 0 aromatic heterocycles. The number of nitrogens with one attached hydrogen (secondary N) is 3. The van der Waals surface area contributed by atoms with E-state index in [0.717, 1.165) is 30.2 Å². The molecule has 0 spiro atoms. The van der Waals surface area contributed by atoms with Crippen LogP contribution in [0.1, 0.15) is 22.3 Å². The summed E-state index contributed by atoms with van der Waals surface area (Å²) in [7, 11) is 3.37. The second-order valence-corrected chi connectivity index (χ2v) is 6.84. The van der Waals surface area contributed by atoms with Gasteiger partial charge in [-0.2, -0.15) is 0 Å². The van der Waals surface area contributed by atoms with Gasteiger partial charge in [-0.15, -0.1) is 0 Å². The van der Waals surface area contributed by atoms with Crippen LogP contribution in [0.15, 0.2) is 71.7 Å². The van der Waals surface area contributed by atoms with Gasteiger partial charge in [0.1, 0.15) is 5.75 Å². The number of benzene rings is 3. The fourth-order valence-corrected chi connectivity index (χ4v) is 3.05. The number of guanidine groups is 1. The first kappa shape index (κ1) is 21.2. The Kier molecular flexibility index (Phi) is 7.66. The van der Waals surface area contributed by atoms with Crippen molar-refractivity contribution < 1.29 is 9.53 Å². The summed E-state index contributed by atoms with van der Waals surface area (Å²) in [6, 6.07) is 21.9. The third-order valence-corrected chi connectivity index (χ3v) is 4.73. The molecule has 0 fully saturated rings. The van der Waals surface area contributed by atoms with Crippen molar-refractivity contribution in [1.82, 2.24) is 16.0 Å². The van der Waals surface area contributed by atoms with E-state index < -0.39 is 0 Å². The summed E-state index contributed by atoms with van der Waals surface area (Å²) in [5.74, 6) is 1.53. The molecule has 3 rings (SSSR count). The highest BCUT2D eigenvalue weighted by Gasteiger charge is 2.03. The monoisotopic (exact) mass is 404 g/mol. The molecule has 3 N–H and O–H groups in total. The maximum absolute atomic E-state index is 11.6. The molecule has 0 bridgehead atoms. The number of carbonyl (C=O) groups is 1. The van der Waals surface area contributed by atoms with Crippen LogP contribution < -0.4 is 20.7 Å². The Labute approximate surface area is 177 Å². The third kappa shape index (κ3) is 5.98. The minimum absolute atomic E-state index is 0.0853. The van der Waals surface area contributed by atoms with E-state index in [4.69, 9.17) is 4.74 Å². The smallest absolute Gasteiger partial charge is 0.251 e. The molecule has 3 aromatic carbocycles. The van der Waals surface area contributed by atoms with Crippen LogP contribution in [0.25, 0.3) is 10.8 Å². The summed E-state index contributed by atoms with van der Waals surface area (Å²) < 4.78 is 5.87. The van der Waals surface area contributed by atoms with Gasteiger partial charge in [-0.3, -0.25) is 9.79 Å². The van der Waals surface area contributed by atoms with Crippen LogP contribution >= 0.6 is 0 Å². The van der Waals surface area contributed by atoms with Gasteiger partial charge in [-0.1, -0.05) is 42.5 Å². The van der Waals surface area contributed by atoms with Crippen LogP contribution in [0, 0.1) is 0 Å². The highest BCUT2D eigenvalue weighted by Crippen LogP contribution is 2.20. The number of hydrogen-bond donors (Lipinski definition) is 3. The summed E-state index contributed by atoms with van der Waals surface area (Å²) in [5, 5.41) is 11.6. The van der Waals surface area contributed by atoms with Crippen molar-refractivity contribution in [1.29, 1.82) is 0 Å². The molecule has 0 radical (unpaired) electrons. The average molecular weight is 405 g/mol. The molecule has 6 nitrogen and oxygen atoms in total. The van der Waals surface area contributed by atoms with Crippen LogP contribution in [0.5, 0.6) is 5.75 Å². The first-order valence-corrected chi connectivity index (χ1v) is 10.1. The maximum atomic E-state index is 11.6. The van der Waals surface area contributed by atoms with Crippen LogP contribution in [0.4, 0.5) is 0 Å². The van der Waals surface area contributed by atoms with Gasteiger partial charge in [0, 0.05) is 32.7 Å². The first-order chi connectivity index (χ1) is 14.7. The summed E-state index contributed by atoms with van der Waals surface area (Å²) in [5.41, 5.74) is 1.72. The van der Waals surface area contributed by atoms with Crippen molar-refractivity contribution in [2.45, 2.75) is 13.0 Å². The standard InChI is InChI=1S/C24H28N4O2/c1-25-23(29)20-10-8-18(9-11-20)17-28-24(26-2)27-14-5-15-30-22-13-12-19-6-3-4-7-21(19)16-22/h3-4,6-13,16H,5,14-15,17H2,1-2H3,(H,25,29)(H2,26,27,28). The maximum Gasteiger partial charge on any atom is 0.251 e. The molecule has 1 amide bonds. The number of carbonyl (C=O) groups excluding carboxylic acids is 1.